The number of hydrogen-bond donors (Lipinski definition) is 1. The smallest absolute Gasteiger partial charge is 0.336 e. The van der Waals surface area contributed by atoms with Crippen LogP contribution in [-0.4, -0.2) is 25.3 Å². The van der Waals surface area contributed by atoms with Gasteiger partial charge in [0.15, 0.2) is 0 Å². The van der Waals surface area contributed by atoms with Crippen LogP contribution < -0.4 is 9.47 Å². The van der Waals surface area contributed by atoms with E-state index in [2.05, 4.69) is 0 Å². The number of aliphatic carboxylic acids is 1. The molecule has 114 valence electrons. The van der Waals surface area contributed by atoms with Crippen molar-refractivity contribution in [1.29, 1.82) is 0 Å². The lowest BCUT2D eigenvalue weighted by Gasteiger charge is -2.11. The van der Waals surface area contributed by atoms with Crippen LogP contribution in [0.3, 0.4) is 0 Å². The maximum Gasteiger partial charge on any atom is 0.336 e. The Morgan fingerprint density at radius 1 is 1.09 bits per heavy atom. The first-order valence-electron chi connectivity index (χ1n) is 6.48. The van der Waals surface area contributed by atoms with Gasteiger partial charge < -0.3 is 14.6 Å². The minimum atomic E-state index is -1.11. The Bertz CT molecular complexity index is 705. The lowest BCUT2D eigenvalue weighted by atomic mass is 10.0. The molecule has 1 N–H and O–H groups in total. The van der Waals surface area contributed by atoms with Gasteiger partial charge in [-0.3, -0.25) is 0 Å². The first kappa shape index (κ1) is 15.6. The van der Waals surface area contributed by atoms with E-state index in [-0.39, 0.29) is 11.4 Å². The summed E-state index contributed by atoms with van der Waals surface area (Å²) in [7, 11) is 2.96. The zero-order valence-corrected chi connectivity index (χ0v) is 12.2. The van der Waals surface area contributed by atoms with Crippen LogP contribution in [0.15, 0.2) is 42.5 Å². The Kier molecular flexibility index (Phi) is 4.78. The van der Waals surface area contributed by atoms with E-state index in [0.29, 0.717) is 22.6 Å². The second kappa shape index (κ2) is 6.76. The van der Waals surface area contributed by atoms with Crippen LogP contribution in [0.4, 0.5) is 4.39 Å². The number of methoxy groups -OCH3 is 2. The van der Waals surface area contributed by atoms with E-state index >= 15 is 0 Å². The van der Waals surface area contributed by atoms with E-state index in [1.54, 1.807) is 18.2 Å². The number of hydrogen-bond acceptors (Lipinski definition) is 3. The largest absolute Gasteiger partial charge is 0.497 e. The number of ether oxygens (including phenoxy) is 2. The number of halogens is 1. The van der Waals surface area contributed by atoms with Crippen molar-refractivity contribution < 1.29 is 23.8 Å². The molecule has 0 aliphatic rings. The zero-order valence-electron chi connectivity index (χ0n) is 12.2. The van der Waals surface area contributed by atoms with Crippen molar-refractivity contribution in [2.24, 2.45) is 0 Å². The molecule has 2 aromatic rings. The van der Waals surface area contributed by atoms with Gasteiger partial charge in [0.05, 0.1) is 19.8 Å². The molecule has 0 heterocycles. The van der Waals surface area contributed by atoms with Crippen molar-refractivity contribution in [2.75, 3.05) is 14.2 Å². The summed E-state index contributed by atoms with van der Waals surface area (Å²) in [5.41, 5.74) is 0.990. The highest BCUT2D eigenvalue weighted by Gasteiger charge is 2.16. The van der Waals surface area contributed by atoms with Gasteiger partial charge >= 0.3 is 5.97 Å². The molecule has 0 fully saturated rings. The summed E-state index contributed by atoms with van der Waals surface area (Å²) in [6, 6.07) is 10.5. The van der Waals surface area contributed by atoms with E-state index in [9.17, 15) is 14.3 Å². The molecule has 0 aliphatic heterocycles. The van der Waals surface area contributed by atoms with Gasteiger partial charge in [-0.2, -0.15) is 0 Å². The highest BCUT2D eigenvalue weighted by Crippen LogP contribution is 2.31. The van der Waals surface area contributed by atoms with Gasteiger partial charge in [0.2, 0.25) is 0 Å². The summed E-state index contributed by atoms with van der Waals surface area (Å²) in [6.45, 7) is 0. The summed E-state index contributed by atoms with van der Waals surface area (Å²) in [5, 5.41) is 9.49. The number of benzene rings is 2. The van der Waals surface area contributed by atoms with Gasteiger partial charge in [0, 0.05) is 5.56 Å². The number of carboxylic acid groups (broad SMARTS) is 1. The molecule has 0 amide bonds. The molecule has 2 aromatic carbocycles. The first-order chi connectivity index (χ1) is 10.5. The molecule has 2 rings (SSSR count). The van der Waals surface area contributed by atoms with Crippen molar-refractivity contribution >= 4 is 17.6 Å². The maximum absolute atomic E-state index is 12.9. The van der Waals surface area contributed by atoms with E-state index in [1.807, 2.05) is 0 Å². The fourth-order valence-electron chi connectivity index (χ4n) is 2.00. The summed E-state index contributed by atoms with van der Waals surface area (Å²) < 4.78 is 23.3. The third-order valence-corrected chi connectivity index (χ3v) is 3.11. The average molecular weight is 302 g/mol. The summed E-state index contributed by atoms with van der Waals surface area (Å²) in [4.78, 5) is 11.6. The maximum atomic E-state index is 12.9. The second-order valence-corrected chi connectivity index (χ2v) is 4.48. The minimum Gasteiger partial charge on any atom is -0.497 e. The molecule has 22 heavy (non-hydrogen) atoms. The van der Waals surface area contributed by atoms with E-state index in [4.69, 9.17) is 9.47 Å². The molecule has 0 atom stereocenters. The number of carbonyl (C=O) groups is 1. The molecule has 0 spiro atoms. The van der Waals surface area contributed by atoms with Crippen LogP contribution >= 0.6 is 0 Å². The zero-order chi connectivity index (χ0) is 16.1. The minimum absolute atomic E-state index is 0.0300. The van der Waals surface area contributed by atoms with Crippen molar-refractivity contribution in [1.82, 2.24) is 0 Å². The van der Waals surface area contributed by atoms with Crippen molar-refractivity contribution in [3.63, 3.8) is 0 Å². The van der Waals surface area contributed by atoms with Gasteiger partial charge in [-0.15, -0.1) is 0 Å². The Hall–Kier alpha value is -2.82. The quantitative estimate of drug-likeness (QED) is 0.679. The van der Waals surface area contributed by atoms with E-state index in [1.165, 1.54) is 44.6 Å². The summed E-state index contributed by atoms with van der Waals surface area (Å²) in [5.74, 6) is -0.567. The molecule has 0 aromatic heterocycles. The van der Waals surface area contributed by atoms with Crippen molar-refractivity contribution in [2.45, 2.75) is 0 Å². The molecule has 0 unspecified atom stereocenters. The Morgan fingerprint density at radius 2 is 1.77 bits per heavy atom. The van der Waals surface area contributed by atoms with Gasteiger partial charge in [0.1, 0.15) is 17.3 Å². The van der Waals surface area contributed by atoms with E-state index in [0.717, 1.165) is 0 Å². The van der Waals surface area contributed by atoms with Crippen LogP contribution in [0.25, 0.3) is 11.6 Å². The first-order valence-corrected chi connectivity index (χ1v) is 6.48. The molecule has 0 saturated carbocycles. The number of rotatable bonds is 5. The monoisotopic (exact) mass is 302 g/mol. The van der Waals surface area contributed by atoms with Gasteiger partial charge in [-0.25, -0.2) is 9.18 Å². The molecular weight excluding hydrogens is 287 g/mol. The predicted molar refractivity (Wildman–Crippen MR) is 81.5 cm³/mol. The van der Waals surface area contributed by atoms with E-state index < -0.39 is 5.97 Å². The fraction of sp³-hybridized carbons (Fsp3) is 0.118. The third-order valence-electron chi connectivity index (χ3n) is 3.11. The fourth-order valence-corrected chi connectivity index (χ4v) is 2.00. The van der Waals surface area contributed by atoms with Gasteiger partial charge in [-0.05, 0) is 42.0 Å². The molecular formula is C17H15FO4. The third kappa shape index (κ3) is 3.44. The molecule has 4 nitrogen and oxygen atoms in total. The van der Waals surface area contributed by atoms with Crippen LogP contribution in [0.2, 0.25) is 0 Å². The lowest BCUT2D eigenvalue weighted by Crippen LogP contribution is -2.02. The van der Waals surface area contributed by atoms with Gasteiger partial charge in [0.25, 0.3) is 0 Å². The second-order valence-electron chi connectivity index (χ2n) is 4.48. The highest BCUT2D eigenvalue weighted by molar-refractivity contribution is 6.21. The van der Waals surface area contributed by atoms with Crippen molar-refractivity contribution in [3.8, 4) is 11.5 Å². The topological polar surface area (TPSA) is 55.8 Å². The summed E-state index contributed by atoms with van der Waals surface area (Å²) in [6.07, 6.45) is 1.46. The number of carboxylic acids is 1. The molecule has 0 aliphatic carbocycles. The molecule has 0 radical (unpaired) electrons. The van der Waals surface area contributed by atoms with Crippen LogP contribution in [0.1, 0.15) is 11.1 Å². The highest BCUT2D eigenvalue weighted by atomic mass is 19.1. The molecule has 5 heteroatoms. The normalized spacial score (nSPS) is 11.1. The predicted octanol–water partition coefficient (Wildman–Crippen LogP) is 3.47. The Morgan fingerprint density at radius 3 is 2.32 bits per heavy atom. The molecule has 0 saturated heterocycles. The Labute approximate surface area is 127 Å². The van der Waals surface area contributed by atoms with Crippen LogP contribution in [0.5, 0.6) is 11.5 Å². The SMILES string of the molecule is COc1ccc(OC)c(/C(=C/c2ccc(F)cc2)C(=O)O)c1. The lowest BCUT2D eigenvalue weighted by molar-refractivity contribution is -0.130. The summed E-state index contributed by atoms with van der Waals surface area (Å²) >= 11 is 0. The average Bonchev–Trinajstić information content (AvgIpc) is 2.53. The van der Waals surface area contributed by atoms with Crippen molar-refractivity contribution in [3.05, 3.63) is 59.4 Å². The standard InChI is InChI=1S/C17H15FO4/c1-21-13-7-8-16(22-2)14(10-13)15(17(19)20)9-11-3-5-12(18)6-4-11/h3-10H,1-2H3,(H,19,20)/b15-9-. The van der Waals surface area contributed by atoms with Crippen LogP contribution in [-0.2, 0) is 4.79 Å². The van der Waals surface area contributed by atoms with Crippen LogP contribution in [0, 0.1) is 5.82 Å². The Balaban J connectivity index is 2.57. The van der Waals surface area contributed by atoms with Gasteiger partial charge in [-0.1, -0.05) is 12.1 Å². The molecule has 0 bridgehead atoms.